The number of aromatic nitrogens is 6. The SMILES string of the molecule is CCOc1cc(-c2ccc(C)nc2)nc2cc(C(=O)NCc3nc4ccnc[n+]4[nH]3)ccc12. The number of hydrogen-bond donors (Lipinski definition) is 2. The van der Waals surface area contributed by atoms with Gasteiger partial charge in [0, 0.05) is 34.5 Å². The maximum Gasteiger partial charge on any atom is 0.289 e. The molecule has 0 saturated carbocycles. The lowest BCUT2D eigenvalue weighted by molar-refractivity contribution is -0.581. The molecule has 9 heteroatoms. The Labute approximate surface area is 189 Å². The molecule has 0 unspecified atom stereocenters. The van der Waals surface area contributed by atoms with Gasteiger partial charge in [-0.1, -0.05) is 4.98 Å². The van der Waals surface area contributed by atoms with E-state index < -0.39 is 0 Å². The smallest absolute Gasteiger partial charge is 0.289 e. The molecular formula is C24H22N7O2+. The highest BCUT2D eigenvalue weighted by Gasteiger charge is 2.14. The van der Waals surface area contributed by atoms with Crippen molar-refractivity contribution in [2.24, 2.45) is 0 Å². The molecule has 2 N–H and O–H groups in total. The van der Waals surface area contributed by atoms with E-state index in [1.165, 1.54) is 0 Å². The third kappa shape index (κ3) is 4.20. The van der Waals surface area contributed by atoms with E-state index in [4.69, 9.17) is 9.72 Å². The number of aromatic amines is 1. The number of rotatable bonds is 6. The van der Waals surface area contributed by atoms with E-state index in [9.17, 15) is 4.79 Å². The van der Waals surface area contributed by atoms with Crippen molar-refractivity contribution in [3.05, 3.63) is 78.3 Å². The minimum absolute atomic E-state index is 0.220. The molecule has 0 spiro atoms. The van der Waals surface area contributed by atoms with E-state index in [0.717, 1.165) is 33.7 Å². The Morgan fingerprint density at radius 3 is 2.85 bits per heavy atom. The summed E-state index contributed by atoms with van der Waals surface area (Å²) < 4.78 is 7.55. The van der Waals surface area contributed by atoms with Gasteiger partial charge in [-0.05, 0) is 44.2 Å². The first kappa shape index (κ1) is 20.5. The molecule has 5 aromatic rings. The van der Waals surface area contributed by atoms with E-state index in [1.807, 2.05) is 38.1 Å². The molecule has 0 aliphatic rings. The summed E-state index contributed by atoms with van der Waals surface area (Å²) in [4.78, 5) is 30.4. The Morgan fingerprint density at radius 1 is 1.15 bits per heavy atom. The van der Waals surface area contributed by atoms with Gasteiger partial charge in [-0.2, -0.15) is 0 Å². The number of aryl methyl sites for hydroxylation is 1. The average molecular weight is 440 g/mol. The number of benzene rings is 1. The summed E-state index contributed by atoms with van der Waals surface area (Å²) in [5.41, 5.74) is 4.46. The molecule has 1 aromatic carbocycles. The van der Waals surface area contributed by atoms with Crippen LogP contribution in [0.1, 0.15) is 28.8 Å². The molecule has 0 aliphatic heterocycles. The van der Waals surface area contributed by atoms with E-state index >= 15 is 0 Å². The van der Waals surface area contributed by atoms with E-state index in [2.05, 4.69) is 25.4 Å². The van der Waals surface area contributed by atoms with Crippen LogP contribution in [0.2, 0.25) is 0 Å². The van der Waals surface area contributed by atoms with Crippen molar-refractivity contribution in [1.29, 1.82) is 0 Å². The van der Waals surface area contributed by atoms with Crippen LogP contribution in [0, 0.1) is 6.92 Å². The molecule has 4 aromatic heterocycles. The molecule has 0 saturated heterocycles. The Balaban J connectivity index is 1.44. The molecule has 4 heterocycles. The zero-order valence-corrected chi connectivity index (χ0v) is 18.2. The first-order chi connectivity index (χ1) is 16.1. The molecule has 33 heavy (non-hydrogen) atoms. The van der Waals surface area contributed by atoms with Crippen LogP contribution in [0.5, 0.6) is 5.75 Å². The summed E-state index contributed by atoms with van der Waals surface area (Å²) in [5.74, 6) is 1.13. The zero-order chi connectivity index (χ0) is 22.8. The number of carbonyl (C=O) groups excluding carboxylic acids is 1. The highest BCUT2D eigenvalue weighted by molar-refractivity contribution is 5.99. The number of carbonyl (C=O) groups is 1. The summed E-state index contributed by atoms with van der Waals surface area (Å²) in [6.45, 7) is 4.66. The van der Waals surface area contributed by atoms with Crippen LogP contribution in [0.15, 0.2) is 61.2 Å². The fraction of sp³-hybridized carbons (Fsp3) is 0.167. The second-order valence-corrected chi connectivity index (χ2v) is 7.52. The lowest BCUT2D eigenvalue weighted by Crippen LogP contribution is -2.26. The van der Waals surface area contributed by atoms with E-state index in [1.54, 1.807) is 41.4 Å². The fourth-order valence-electron chi connectivity index (χ4n) is 3.56. The minimum Gasteiger partial charge on any atom is -0.493 e. The number of hydrogen-bond acceptors (Lipinski definition) is 6. The first-order valence-electron chi connectivity index (χ1n) is 10.6. The second-order valence-electron chi connectivity index (χ2n) is 7.52. The number of ether oxygens (including phenoxy) is 1. The summed E-state index contributed by atoms with van der Waals surface area (Å²) in [7, 11) is 0. The standard InChI is InChI=1S/C24H21N7O2/c1-3-33-21-11-19(17-5-4-15(2)26-12-17)28-20-10-16(6-7-18(20)21)24(32)27-13-22-29-23-8-9-25-14-31(23)30-22/h4-12,14H,3,13H2,1-2H3,(H,27,32)/p+1. The van der Waals surface area contributed by atoms with Crippen LogP contribution in [0.3, 0.4) is 0 Å². The molecule has 0 atom stereocenters. The number of nitrogens with zero attached hydrogens (tertiary/aromatic N) is 5. The average Bonchev–Trinajstić information content (AvgIpc) is 3.26. The molecule has 0 bridgehead atoms. The topological polar surface area (TPSA) is 110 Å². The van der Waals surface area contributed by atoms with Gasteiger partial charge in [0.05, 0.1) is 30.4 Å². The highest BCUT2D eigenvalue weighted by atomic mass is 16.5. The van der Waals surface area contributed by atoms with Gasteiger partial charge >= 0.3 is 0 Å². The van der Waals surface area contributed by atoms with Gasteiger partial charge in [0.15, 0.2) is 0 Å². The molecule has 1 amide bonds. The van der Waals surface area contributed by atoms with Crippen molar-refractivity contribution < 1.29 is 14.0 Å². The Hall–Kier alpha value is -4.40. The number of fused-ring (bicyclic) bond motifs is 2. The van der Waals surface area contributed by atoms with Gasteiger partial charge in [-0.15, -0.1) is 9.50 Å². The number of nitrogens with one attached hydrogen (secondary N) is 2. The molecule has 0 radical (unpaired) electrons. The molecular weight excluding hydrogens is 418 g/mol. The van der Waals surface area contributed by atoms with E-state index in [0.29, 0.717) is 23.5 Å². The summed E-state index contributed by atoms with van der Waals surface area (Å²) in [6, 6.07) is 13.0. The van der Waals surface area contributed by atoms with E-state index in [-0.39, 0.29) is 12.5 Å². The Bertz CT molecular complexity index is 1430. The number of pyridine rings is 2. The van der Waals surface area contributed by atoms with Crippen LogP contribution in [-0.4, -0.2) is 37.5 Å². The third-order valence-electron chi connectivity index (χ3n) is 5.20. The van der Waals surface area contributed by atoms with Gasteiger partial charge in [0.25, 0.3) is 11.6 Å². The highest BCUT2D eigenvalue weighted by Crippen LogP contribution is 2.30. The Kier molecular flexibility index (Phi) is 5.35. The van der Waals surface area contributed by atoms with Gasteiger partial charge in [-0.25, -0.2) is 10.1 Å². The molecule has 5 rings (SSSR count). The second kappa shape index (κ2) is 8.62. The molecule has 0 fully saturated rings. The van der Waals surface area contributed by atoms with Crippen molar-refractivity contribution in [1.82, 2.24) is 30.4 Å². The van der Waals surface area contributed by atoms with Gasteiger partial charge in [0.1, 0.15) is 11.9 Å². The predicted molar refractivity (Wildman–Crippen MR) is 122 cm³/mol. The van der Waals surface area contributed by atoms with Crippen molar-refractivity contribution >= 4 is 22.5 Å². The molecule has 0 aliphatic carbocycles. The van der Waals surface area contributed by atoms with Crippen molar-refractivity contribution in [3.8, 4) is 17.0 Å². The van der Waals surface area contributed by atoms with Gasteiger partial charge in [0.2, 0.25) is 12.2 Å². The maximum absolute atomic E-state index is 12.8. The summed E-state index contributed by atoms with van der Waals surface area (Å²) in [6.07, 6.45) is 5.08. The fourth-order valence-corrected chi connectivity index (χ4v) is 3.56. The predicted octanol–water partition coefficient (Wildman–Crippen LogP) is 2.79. The number of H-pyrrole nitrogens is 1. The maximum atomic E-state index is 12.8. The largest absolute Gasteiger partial charge is 0.493 e. The van der Waals surface area contributed by atoms with Crippen LogP contribution in [0.4, 0.5) is 0 Å². The van der Waals surface area contributed by atoms with Crippen LogP contribution < -0.4 is 14.6 Å². The first-order valence-corrected chi connectivity index (χ1v) is 10.6. The third-order valence-corrected chi connectivity index (χ3v) is 5.20. The van der Waals surface area contributed by atoms with Gasteiger partial charge < -0.3 is 10.1 Å². The monoisotopic (exact) mass is 440 g/mol. The summed E-state index contributed by atoms with van der Waals surface area (Å²) in [5, 5.41) is 6.82. The molecule has 164 valence electrons. The normalized spacial score (nSPS) is 11.1. The van der Waals surface area contributed by atoms with Crippen LogP contribution in [-0.2, 0) is 6.54 Å². The van der Waals surface area contributed by atoms with Crippen LogP contribution >= 0.6 is 0 Å². The minimum atomic E-state index is -0.220. The number of amides is 1. The van der Waals surface area contributed by atoms with Crippen molar-refractivity contribution in [2.45, 2.75) is 20.4 Å². The lowest BCUT2D eigenvalue weighted by Gasteiger charge is -2.11. The van der Waals surface area contributed by atoms with Crippen LogP contribution in [0.25, 0.3) is 27.8 Å². The quantitative estimate of drug-likeness (QED) is 0.393. The van der Waals surface area contributed by atoms with Crippen molar-refractivity contribution in [3.63, 3.8) is 0 Å². The molecule has 9 nitrogen and oxygen atoms in total. The van der Waals surface area contributed by atoms with Crippen molar-refractivity contribution in [2.75, 3.05) is 6.61 Å². The summed E-state index contributed by atoms with van der Waals surface area (Å²) >= 11 is 0. The van der Waals surface area contributed by atoms with Gasteiger partial charge in [-0.3, -0.25) is 9.78 Å². The zero-order valence-electron chi connectivity index (χ0n) is 18.2. The lowest BCUT2D eigenvalue weighted by atomic mass is 10.1. The Morgan fingerprint density at radius 2 is 2.06 bits per heavy atom.